The van der Waals surface area contributed by atoms with Crippen molar-refractivity contribution in [3.05, 3.63) is 70.3 Å². The lowest BCUT2D eigenvalue weighted by Crippen LogP contribution is -2.33. The second-order valence-corrected chi connectivity index (χ2v) is 10.1. The Morgan fingerprint density at radius 1 is 1.12 bits per heavy atom. The highest BCUT2D eigenvalue weighted by Gasteiger charge is 2.44. The van der Waals surface area contributed by atoms with Gasteiger partial charge in [-0.2, -0.15) is 23.1 Å². The Hall–Kier alpha value is -5.34. The van der Waals surface area contributed by atoms with Gasteiger partial charge in [-0.3, -0.25) is 13.9 Å². The molecule has 5 aromatic rings. The monoisotopic (exact) mass is 580 g/mol. The summed E-state index contributed by atoms with van der Waals surface area (Å²) in [7, 11) is 1.57. The lowest BCUT2D eigenvalue weighted by molar-refractivity contribution is -0.200. The number of carbonyl (C=O) groups excluding carboxylic acids is 2. The number of hydrogen-bond acceptors (Lipinski definition) is 8. The molecule has 0 atom stereocenters. The fourth-order valence-electron chi connectivity index (χ4n) is 5.02. The van der Waals surface area contributed by atoms with Crippen molar-refractivity contribution < 1.29 is 27.6 Å². The molecular formula is C27H23F3N8O4. The van der Waals surface area contributed by atoms with Gasteiger partial charge in [-0.1, -0.05) is 0 Å². The number of rotatable bonds is 5. The number of nitrogens with one attached hydrogen (secondary N) is 1. The molecule has 1 aliphatic rings. The number of H-pyrrole nitrogens is 1. The predicted molar refractivity (Wildman–Crippen MR) is 146 cm³/mol. The SMILES string of the molecule is CC(C)n1c(=O)n(-c2ccc3[nH]ccc3c2)c2c(N)nc(N(OC(=O)C(F)(F)F)c3ccc4c(c3)CN(C)C4=O)nc21. The van der Waals surface area contributed by atoms with Gasteiger partial charge in [-0.05, 0) is 61.9 Å². The first-order chi connectivity index (χ1) is 19.8. The summed E-state index contributed by atoms with van der Waals surface area (Å²) in [6.07, 6.45) is -3.59. The molecule has 2 aromatic carbocycles. The molecule has 6 rings (SSSR count). The number of imidazole rings is 1. The number of carbonyl (C=O) groups is 2. The summed E-state index contributed by atoms with van der Waals surface area (Å²) >= 11 is 0. The van der Waals surface area contributed by atoms with Crippen LogP contribution in [0.4, 0.5) is 30.6 Å². The molecule has 0 spiro atoms. The minimum atomic E-state index is -5.35. The number of amides is 1. The van der Waals surface area contributed by atoms with E-state index in [4.69, 9.17) is 10.6 Å². The number of aromatic amines is 1. The molecule has 1 aliphatic heterocycles. The van der Waals surface area contributed by atoms with Gasteiger partial charge < -0.3 is 20.5 Å². The summed E-state index contributed by atoms with van der Waals surface area (Å²) in [4.78, 5) is 55.9. The van der Waals surface area contributed by atoms with Crippen LogP contribution in [0.15, 0.2) is 53.5 Å². The van der Waals surface area contributed by atoms with Crippen LogP contribution in [0.25, 0.3) is 27.8 Å². The Bertz CT molecular complexity index is 1970. The van der Waals surface area contributed by atoms with E-state index in [-0.39, 0.29) is 35.1 Å². The van der Waals surface area contributed by atoms with E-state index in [1.54, 1.807) is 45.3 Å². The lowest BCUT2D eigenvalue weighted by Gasteiger charge is -2.22. The van der Waals surface area contributed by atoms with Gasteiger partial charge in [0.25, 0.3) is 11.9 Å². The second kappa shape index (κ2) is 9.36. The van der Waals surface area contributed by atoms with E-state index in [9.17, 15) is 27.6 Å². The summed E-state index contributed by atoms with van der Waals surface area (Å²) in [5.41, 5.74) is 8.07. The molecule has 0 aliphatic carbocycles. The van der Waals surface area contributed by atoms with Gasteiger partial charge in [0.1, 0.15) is 5.52 Å². The number of halogens is 3. The van der Waals surface area contributed by atoms with Crippen LogP contribution in [-0.2, 0) is 16.2 Å². The van der Waals surface area contributed by atoms with Gasteiger partial charge in [0, 0.05) is 42.3 Å². The van der Waals surface area contributed by atoms with E-state index in [0.29, 0.717) is 21.9 Å². The maximum atomic E-state index is 13.7. The number of nitrogen functional groups attached to an aromatic ring is 1. The van der Waals surface area contributed by atoms with Crippen molar-refractivity contribution in [3.63, 3.8) is 0 Å². The zero-order chi connectivity index (χ0) is 30.1. The molecule has 0 saturated heterocycles. The zero-order valence-corrected chi connectivity index (χ0v) is 22.4. The molecule has 0 radical (unpaired) electrons. The van der Waals surface area contributed by atoms with Crippen LogP contribution < -0.4 is 16.5 Å². The number of alkyl halides is 3. The molecule has 1 amide bonds. The first-order valence-corrected chi connectivity index (χ1v) is 12.7. The highest BCUT2D eigenvalue weighted by atomic mass is 19.4. The minimum Gasteiger partial charge on any atom is -0.382 e. The molecule has 15 heteroatoms. The molecule has 3 aromatic heterocycles. The van der Waals surface area contributed by atoms with E-state index < -0.39 is 29.8 Å². The van der Waals surface area contributed by atoms with Crippen molar-refractivity contribution in [1.82, 2.24) is 29.0 Å². The Morgan fingerprint density at radius 2 is 1.88 bits per heavy atom. The Morgan fingerprint density at radius 3 is 2.60 bits per heavy atom. The molecule has 0 unspecified atom stereocenters. The normalized spacial score (nSPS) is 13.4. The van der Waals surface area contributed by atoms with Crippen LogP contribution in [0, 0.1) is 0 Å². The third kappa shape index (κ3) is 4.20. The van der Waals surface area contributed by atoms with Gasteiger partial charge in [-0.25, -0.2) is 9.59 Å². The smallest absolute Gasteiger partial charge is 0.382 e. The second-order valence-electron chi connectivity index (χ2n) is 10.1. The van der Waals surface area contributed by atoms with Crippen molar-refractivity contribution in [1.29, 1.82) is 0 Å². The molecule has 4 heterocycles. The average Bonchev–Trinajstić information content (AvgIpc) is 3.59. The van der Waals surface area contributed by atoms with Crippen molar-refractivity contribution in [2.75, 3.05) is 17.8 Å². The van der Waals surface area contributed by atoms with Gasteiger partial charge in [0.05, 0.1) is 11.4 Å². The van der Waals surface area contributed by atoms with Crippen LogP contribution in [0.2, 0.25) is 0 Å². The van der Waals surface area contributed by atoms with Crippen molar-refractivity contribution in [2.45, 2.75) is 32.6 Å². The molecule has 12 nitrogen and oxygen atoms in total. The standard InChI is InChI=1S/C27H23F3N8O4/c1-13(2)36-22-20(37(26(36)41)16-5-7-19-14(10-16)8-9-32-19)21(31)33-25(34-22)38(42-24(40)27(28,29)30)17-4-6-18-15(11-17)12-35(3)23(18)39/h4-11,13,32H,12H2,1-3H3,(H2,31,33,34). The summed E-state index contributed by atoms with van der Waals surface area (Å²) in [5.74, 6) is -3.57. The number of benzene rings is 2. The van der Waals surface area contributed by atoms with Crippen LogP contribution in [0.5, 0.6) is 0 Å². The number of nitrogens with zero attached hydrogens (tertiary/aromatic N) is 6. The zero-order valence-electron chi connectivity index (χ0n) is 22.4. The van der Waals surface area contributed by atoms with Crippen LogP contribution >= 0.6 is 0 Å². The van der Waals surface area contributed by atoms with Crippen molar-refractivity contribution in [2.24, 2.45) is 0 Å². The highest BCUT2D eigenvalue weighted by molar-refractivity contribution is 5.98. The molecule has 0 bridgehead atoms. The van der Waals surface area contributed by atoms with E-state index in [2.05, 4.69) is 15.0 Å². The van der Waals surface area contributed by atoms with E-state index in [1.165, 1.54) is 32.2 Å². The number of aromatic nitrogens is 5. The highest BCUT2D eigenvalue weighted by Crippen LogP contribution is 2.34. The Labute approximate surface area is 234 Å². The fourth-order valence-corrected chi connectivity index (χ4v) is 5.02. The third-order valence-electron chi connectivity index (χ3n) is 6.94. The van der Waals surface area contributed by atoms with Crippen LogP contribution in [-0.4, -0.2) is 54.1 Å². The van der Waals surface area contributed by atoms with E-state index in [0.717, 1.165) is 10.9 Å². The van der Waals surface area contributed by atoms with Gasteiger partial charge in [0.2, 0.25) is 0 Å². The Kier molecular flexibility index (Phi) is 5.98. The lowest BCUT2D eigenvalue weighted by atomic mass is 10.1. The molecule has 0 fully saturated rings. The molecule has 42 heavy (non-hydrogen) atoms. The summed E-state index contributed by atoms with van der Waals surface area (Å²) in [5, 5.41) is 1.32. The minimum absolute atomic E-state index is 0.00999. The first-order valence-electron chi connectivity index (χ1n) is 12.7. The topological polar surface area (TPSA) is 144 Å². The predicted octanol–water partition coefficient (Wildman–Crippen LogP) is 3.97. The molecule has 0 saturated carbocycles. The first kappa shape index (κ1) is 26.9. The average molecular weight is 581 g/mol. The Balaban J connectivity index is 1.56. The summed E-state index contributed by atoms with van der Waals surface area (Å²) < 4.78 is 42.6. The summed E-state index contributed by atoms with van der Waals surface area (Å²) in [6, 6.07) is 10.8. The van der Waals surface area contributed by atoms with Crippen LogP contribution in [0.1, 0.15) is 35.8 Å². The molecule has 216 valence electrons. The fraction of sp³-hybridized carbons (Fsp3) is 0.222. The molecule has 3 N–H and O–H groups in total. The van der Waals surface area contributed by atoms with E-state index >= 15 is 0 Å². The number of hydrogen-bond donors (Lipinski definition) is 2. The number of nitrogens with two attached hydrogens (primary N) is 1. The maximum Gasteiger partial charge on any atom is 0.493 e. The maximum absolute atomic E-state index is 13.7. The van der Waals surface area contributed by atoms with Gasteiger partial charge in [-0.15, -0.1) is 5.06 Å². The number of anilines is 3. The van der Waals surface area contributed by atoms with Crippen molar-refractivity contribution in [3.8, 4) is 5.69 Å². The third-order valence-corrected chi connectivity index (χ3v) is 6.94. The van der Waals surface area contributed by atoms with Crippen molar-refractivity contribution >= 4 is 51.4 Å². The van der Waals surface area contributed by atoms with E-state index in [1.807, 2.05) is 6.07 Å². The largest absolute Gasteiger partial charge is 0.493 e. The van der Waals surface area contributed by atoms with Gasteiger partial charge >= 0.3 is 17.8 Å². The van der Waals surface area contributed by atoms with Crippen LogP contribution in [0.3, 0.4) is 0 Å². The van der Waals surface area contributed by atoms with Gasteiger partial charge in [0.15, 0.2) is 11.5 Å². The molecular weight excluding hydrogens is 557 g/mol. The number of fused-ring (bicyclic) bond motifs is 3. The summed E-state index contributed by atoms with van der Waals surface area (Å²) in [6.45, 7) is 3.65. The quantitative estimate of drug-likeness (QED) is 0.297.